The van der Waals surface area contributed by atoms with Gasteiger partial charge in [0, 0.05) is 28.4 Å². The number of fused-ring (bicyclic) bond motifs is 5. The molecule has 1 aliphatic heterocycles. The van der Waals surface area contributed by atoms with E-state index in [0.717, 1.165) is 29.8 Å². The van der Waals surface area contributed by atoms with E-state index < -0.39 is 0 Å². The number of rotatable bonds is 6. The minimum absolute atomic E-state index is 0.169. The molecular formula is C31H33N3O4S. The lowest BCUT2D eigenvalue weighted by Gasteiger charge is -2.31. The highest BCUT2D eigenvalue weighted by molar-refractivity contribution is 7.15. The van der Waals surface area contributed by atoms with Crippen molar-refractivity contribution in [1.82, 2.24) is 9.47 Å². The Labute approximate surface area is 232 Å². The maximum absolute atomic E-state index is 14.2. The molecule has 2 aromatic heterocycles. The number of aryl methyl sites for hydroxylation is 1. The number of ether oxygens (including phenoxy) is 3. The number of anilines is 1. The van der Waals surface area contributed by atoms with Crippen molar-refractivity contribution in [3.05, 3.63) is 88.1 Å². The fourth-order valence-corrected chi connectivity index (χ4v) is 7.16. The molecule has 202 valence electrons. The summed E-state index contributed by atoms with van der Waals surface area (Å²) in [5.41, 5.74) is 5.44. The summed E-state index contributed by atoms with van der Waals surface area (Å²) in [4.78, 5) is 17.6. The van der Waals surface area contributed by atoms with Crippen LogP contribution in [0.3, 0.4) is 0 Å². The van der Waals surface area contributed by atoms with Crippen molar-refractivity contribution in [3.63, 3.8) is 0 Å². The molecule has 4 aromatic rings. The Morgan fingerprint density at radius 1 is 1.00 bits per heavy atom. The molecule has 0 spiro atoms. The third kappa shape index (κ3) is 4.63. The fourth-order valence-electron chi connectivity index (χ4n) is 5.76. The van der Waals surface area contributed by atoms with Crippen LogP contribution in [-0.2, 0) is 19.4 Å². The largest absolute Gasteiger partial charge is 0.494 e. The molecule has 2 amide bonds. The van der Waals surface area contributed by atoms with E-state index in [1.54, 1.807) is 26.4 Å². The van der Waals surface area contributed by atoms with Crippen LogP contribution >= 0.6 is 11.3 Å². The number of carbonyl (C=O) groups is 1. The molecule has 0 bridgehead atoms. The molecule has 0 fully saturated rings. The van der Waals surface area contributed by atoms with Gasteiger partial charge >= 0.3 is 6.03 Å². The van der Waals surface area contributed by atoms with E-state index in [4.69, 9.17) is 14.2 Å². The number of thiophene rings is 1. The Kier molecular flexibility index (Phi) is 6.95. The van der Waals surface area contributed by atoms with Gasteiger partial charge in [0.2, 0.25) is 0 Å². The van der Waals surface area contributed by atoms with Crippen molar-refractivity contribution < 1.29 is 19.0 Å². The lowest BCUT2D eigenvalue weighted by atomic mass is 9.95. The second-order valence-electron chi connectivity index (χ2n) is 9.83. The van der Waals surface area contributed by atoms with Gasteiger partial charge in [-0.3, -0.25) is 0 Å². The number of hydrogen-bond acceptors (Lipinski definition) is 5. The highest BCUT2D eigenvalue weighted by Crippen LogP contribution is 2.44. The molecule has 0 saturated carbocycles. The molecule has 7 nitrogen and oxygen atoms in total. The van der Waals surface area contributed by atoms with Crippen LogP contribution in [0.15, 0.2) is 60.8 Å². The standard InChI is InChI=1S/C31H33N3O4S/c1-4-38-22-14-11-20(12-15-22)29-25-9-7-17-33(25)30-24(23-8-5-6-10-28(23)39-30)19-34(29)31(35)32-21-13-16-26(36-2)27(18-21)37-3/h7,9,11-18,29H,4-6,8,10,19H2,1-3H3,(H,32,35)/t29-/m0/s1. The first-order valence-electron chi connectivity index (χ1n) is 13.4. The molecular weight excluding hydrogens is 510 g/mol. The second kappa shape index (κ2) is 10.7. The van der Waals surface area contributed by atoms with Crippen LogP contribution in [0.5, 0.6) is 17.2 Å². The van der Waals surface area contributed by atoms with E-state index >= 15 is 0 Å². The van der Waals surface area contributed by atoms with E-state index in [1.807, 2.05) is 41.4 Å². The molecule has 0 radical (unpaired) electrons. The molecule has 8 heteroatoms. The van der Waals surface area contributed by atoms with E-state index in [2.05, 4.69) is 40.3 Å². The number of urea groups is 1. The SMILES string of the molecule is CCOc1ccc([C@H]2c3cccn3-c3sc4c(c3CN2C(=O)Nc2ccc(OC)c(OC)c2)CCCC4)cc1. The Bertz CT molecular complexity index is 1490. The van der Waals surface area contributed by atoms with E-state index in [-0.39, 0.29) is 12.1 Å². The van der Waals surface area contributed by atoms with Crippen LogP contribution < -0.4 is 19.5 Å². The number of amides is 2. The summed E-state index contributed by atoms with van der Waals surface area (Å²) in [6.07, 6.45) is 6.73. The smallest absolute Gasteiger partial charge is 0.322 e. The summed E-state index contributed by atoms with van der Waals surface area (Å²) in [6, 6.07) is 17.3. The predicted octanol–water partition coefficient (Wildman–Crippen LogP) is 6.97. The van der Waals surface area contributed by atoms with Crippen molar-refractivity contribution in [1.29, 1.82) is 0 Å². The molecule has 39 heavy (non-hydrogen) atoms. The summed E-state index contributed by atoms with van der Waals surface area (Å²) >= 11 is 1.89. The quantitative estimate of drug-likeness (QED) is 0.285. The first-order chi connectivity index (χ1) is 19.1. The van der Waals surface area contributed by atoms with Crippen molar-refractivity contribution in [2.75, 3.05) is 26.1 Å². The van der Waals surface area contributed by atoms with Crippen molar-refractivity contribution >= 4 is 23.1 Å². The van der Waals surface area contributed by atoms with Crippen LogP contribution in [-0.4, -0.2) is 36.3 Å². The molecule has 1 N–H and O–H groups in total. The summed E-state index contributed by atoms with van der Waals surface area (Å²) in [5.74, 6) is 2.00. The number of aromatic nitrogens is 1. The second-order valence-corrected chi connectivity index (χ2v) is 10.9. The lowest BCUT2D eigenvalue weighted by molar-refractivity contribution is 0.194. The van der Waals surface area contributed by atoms with Crippen molar-refractivity contribution in [2.45, 2.75) is 45.2 Å². The minimum Gasteiger partial charge on any atom is -0.494 e. The van der Waals surface area contributed by atoms with Gasteiger partial charge in [0.15, 0.2) is 11.5 Å². The highest BCUT2D eigenvalue weighted by atomic mass is 32.1. The van der Waals surface area contributed by atoms with Crippen molar-refractivity contribution in [2.24, 2.45) is 0 Å². The number of carbonyl (C=O) groups excluding carboxylic acids is 1. The van der Waals surface area contributed by atoms with E-state index in [1.165, 1.54) is 33.8 Å². The van der Waals surface area contributed by atoms with Gasteiger partial charge in [0.25, 0.3) is 0 Å². The van der Waals surface area contributed by atoms with Gasteiger partial charge < -0.3 is 29.0 Å². The van der Waals surface area contributed by atoms with E-state index in [0.29, 0.717) is 30.3 Å². The molecule has 3 heterocycles. The minimum atomic E-state index is -0.283. The van der Waals surface area contributed by atoms with Gasteiger partial charge in [-0.15, -0.1) is 11.3 Å². The summed E-state index contributed by atoms with van der Waals surface area (Å²) in [6.45, 7) is 3.11. The zero-order valence-electron chi connectivity index (χ0n) is 22.5. The number of nitrogens with zero attached hydrogens (tertiary/aromatic N) is 2. The lowest BCUT2D eigenvalue weighted by Crippen LogP contribution is -2.38. The summed E-state index contributed by atoms with van der Waals surface area (Å²) in [7, 11) is 3.19. The van der Waals surface area contributed by atoms with E-state index in [9.17, 15) is 4.79 Å². The maximum Gasteiger partial charge on any atom is 0.322 e. The summed E-state index contributed by atoms with van der Waals surface area (Å²) in [5, 5.41) is 4.38. The number of hydrogen-bond donors (Lipinski definition) is 1. The normalized spacial score (nSPS) is 16.0. The molecule has 6 rings (SSSR count). The summed E-state index contributed by atoms with van der Waals surface area (Å²) < 4.78 is 18.9. The van der Waals surface area contributed by atoms with Gasteiger partial charge in [-0.05, 0) is 80.1 Å². The average molecular weight is 544 g/mol. The highest BCUT2D eigenvalue weighted by Gasteiger charge is 2.36. The zero-order chi connectivity index (χ0) is 26.9. The Morgan fingerprint density at radius 2 is 1.79 bits per heavy atom. The molecule has 2 aliphatic rings. The number of nitrogens with one attached hydrogen (secondary N) is 1. The van der Waals surface area contributed by atoms with Crippen LogP contribution in [0.2, 0.25) is 0 Å². The van der Waals surface area contributed by atoms with Crippen LogP contribution in [0.4, 0.5) is 10.5 Å². The van der Waals surface area contributed by atoms with Gasteiger partial charge in [-0.25, -0.2) is 4.79 Å². The van der Waals surface area contributed by atoms with Crippen molar-refractivity contribution in [3.8, 4) is 22.2 Å². The third-order valence-electron chi connectivity index (χ3n) is 7.58. The topological polar surface area (TPSA) is 65.0 Å². The first kappa shape index (κ1) is 25.4. The maximum atomic E-state index is 14.2. The Balaban J connectivity index is 1.44. The van der Waals surface area contributed by atoms with Crippen LogP contribution in [0.1, 0.15) is 53.1 Å². The van der Waals surface area contributed by atoms with Gasteiger partial charge in [-0.2, -0.15) is 0 Å². The Morgan fingerprint density at radius 3 is 2.56 bits per heavy atom. The van der Waals surface area contributed by atoms with Crippen LogP contribution in [0.25, 0.3) is 5.00 Å². The van der Waals surface area contributed by atoms with Crippen LogP contribution in [0, 0.1) is 0 Å². The van der Waals surface area contributed by atoms with Gasteiger partial charge in [0.1, 0.15) is 10.8 Å². The predicted molar refractivity (Wildman–Crippen MR) is 154 cm³/mol. The Hall–Kier alpha value is -3.91. The third-order valence-corrected chi connectivity index (χ3v) is 8.91. The number of benzene rings is 2. The molecule has 2 aromatic carbocycles. The first-order valence-corrected chi connectivity index (χ1v) is 14.3. The molecule has 1 aliphatic carbocycles. The van der Waals surface area contributed by atoms with Gasteiger partial charge in [0.05, 0.1) is 39.1 Å². The molecule has 0 saturated heterocycles. The molecule has 0 unspecified atom stereocenters. The molecule has 1 atom stereocenters. The number of methoxy groups -OCH3 is 2. The zero-order valence-corrected chi connectivity index (χ0v) is 23.3. The van der Waals surface area contributed by atoms with Gasteiger partial charge in [-0.1, -0.05) is 12.1 Å². The monoisotopic (exact) mass is 543 g/mol. The fraction of sp³-hybridized carbons (Fsp3) is 0.323. The average Bonchev–Trinajstić information content (AvgIpc) is 3.55.